The van der Waals surface area contributed by atoms with Gasteiger partial charge in [-0.1, -0.05) is 65.4 Å². The van der Waals surface area contributed by atoms with Crippen LogP contribution in [-0.2, 0) is 109 Å². The van der Waals surface area contributed by atoms with Crippen molar-refractivity contribution < 1.29 is 98.1 Å². The summed E-state index contributed by atoms with van der Waals surface area (Å²) in [5.74, 6) is 1.56. The van der Waals surface area contributed by atoms with Gasteiger partial charge in [0, 0.05) is 98.1 Å². The maximum Gasteiger partial charge on any atom is 0 e. The molecule has 20 heavy (non-hydrogen) atoms. The molecule has 0 unspecified atom stereocenters. The maximum atomic E-state index is 2.44. The first kappa shape index (κ1) is 24.7. The molecule has 0 N–H and O–H groups in total. The zero-order valence-electron chi connectivity index (χ0n) is 13.9. The van der Waals surface area contributed by atoms with E-state index in [0.717, 1.165) is 0 Å². The van der Waals surface area contributed by atoms with E-state index < -0.39 is 0 Å². The van der Waals surface area contributed by atoms with Crippen molar-refractivity contribution in [2.24, 2.45) is 0 Å². The second kappa shape index (κ2) is 9.03. The van der Waals surface area contributed by atoms with Gasteiger partial charge >= 0.3 is 0 Å². The van der Waals surface area contributed by atoms with Gasteiger partial charge in [-0.3, -0.25) is 0 Å². The minimum Gasteiger partial charge on any atom is -0.185 e. The van der Waals surface area contributed by atoms with E-state index in [1.165, 1.54) is 24.0 Å². The number of rotatable bonds is 0. The van der Waals surface area contributed by atoms with Crippen LogP contribution in [-0.4, -0.2) is 0 Å². The average molecular weight is 496 g/mol. The largest absolute Gasteiger partial charge is 0.185 e. The van der Waals surface area contributed by atoms with Crippen LogP contribution < -0.4 is 0 Å². The van der Waals surface area contributed by atoms with Gasteiger partial charge in [-0.05, 0) is 5.41 Å². The van der Waals surface area contributed by atoms with Gasteiger partial charge < -0.3 is 0 Å². The van der Waals surface area contributed by atoms with Crippen molar-refractivity contribution in [1.82, 2.24) is 0 Å². The molecule has 1 aliphatic rings. The third-order valence-corrected chi connectivity index (χ3v) is 4.20. The van der Waals surface area contributed by atoms with Gasteiger partial charge in [-0.15, -0.1) is 17.7 Å². The molecule has 2 rings (SSSR count). The summed E-state index contributed by atoms with van der Waals surface area (Å²) in [7, 11) is 0. The van der Waals surface area contributed by atoms with Crippen LogP contribution in [0.2, 0.25) is 0 Å². The minimum atomic E-state index is 0. The Balaban J connectivity index is 0. The van der Waals surface area contributed by atoms with E-state index >= 15 is 0 Å². The SMILES string of the molecule is C[C-]1CCC(C)(C)c2cc(C(C)(C)C)ccc21.[Y].[Y].[Y]. The number of benzene rings is 1. The molecule has 1 aromatic rings. The van der Waals surface area contributed by atoms with Crippen LogP contribution in [0.5, 0.6) is 0 Å². The second-order valence-electron chi connectivity index (χ2n) is 7.17. The number of fused-ring (bicyclic) bond motifs is 1. The molecule has 0 aliphatic heterocycles. The Labute approximate surface area is 201 Å². The van der Waals surface area contributed by atoms with Crippen LogP contribution in [0.4, 0.5) is 0 Å². The second-order valence-corrected chi connectivity index (χ2v) is 7.17. The van der Waals surface area contributed by atoms with Crippen LogP contribution in [0.3, 0.4) is 0 Å². The maximum absolute atomic E-state index is 2.44. The quantitative estimate of drug-likeness (QED) is 0.445. The zero-order valence-corrected chi connectivity index (χ0v) is 22.4. The molecule has 0 amide bonds. The molecule has 0 heterocycles. The Bertz CT molecular complexity index is 430. The molecule has 3 radical (unpaired) electrons. The molecular weight excluding hydrogens is 471 g/mol. The number of hydrogen-bond donors (Lipinski definition) is 0. The van der Waals surface area contributed by atoms with E-state index in [1.807, 2.05) is 0 Å². The summed E-state index contributed by atoms with van der Waals surface area (Å²) in [5.41, 5.74) is 5.08. The normalized spacial score (nSPS) is 16.2. The first-order valence-corrected chi connectivity index (χ1v) is 6.70. The van der Waals surface area contributed by atoms with Crippen molar-refractivity contribution in [3.63, 3.8) is 0 Å². The van der Waals surface area contributed by atoms with Gasteiger partial charge in [0.25, 0.3) is 0 Å². The number of hydrogen-bond acceptors (Lipinski definition) is 0. The molecule has 0 saturated heterocycles. The first-order chi connectivity index (χ1) is 7.72. The van der Waals surface area contributed by atoms with Gasteiger partial charge in [0.15, 0.2) is 0 Å². The van der Waals surface area contributed by atoms with E-state index in [0.29, 0.717) is 5.41 Å². The molecular formula is C17H25Y3-. The average Bonchev–Trinajstić information content (AvgIpc) is 2.22. The molecule has 0 nitrogen and oxygen atoms in total. The standard InChI is InChI=1S/C17H25.3Y/c1-12-9-10-17(5,6)15-11-13(16(2,3)4)7-8-14(12)15;;;/h7-8,11H,9-10H2,1-6H3;;;/q-1;;;. The molecule has 0 atom stereocenters. The van der Waals surface area contributed by atoms with Gasteiger partial charge in [-0.25, -0.2) is 0 Å². The Kier molecular flexibility index (Phi) is 11.1. The Hall–Kier alpha value is 2.40. The fourth-order valence-electron chi connectivity index (χ4n) is 2.71. The third-order valence-electron chi connectivity index (χ3n) is 4.20. The molecule has 1 aromatic carbocycles. The summed E-state index contributed by atoms with van der Waals surface area (Å²) in [5, 5.41) is 0. The topological polar surface area (TPSA) is 0 Å². The third kappa shape index (κ3) is 5.49. The molecule has 3 heteroatoms. The van der Waals surface area contributed by atoms with E-state index in [1.54, 1.807) is 11.5 Å². The van der Waals surface area contributed by atoms with Crippen molar-refractivity contribution in [2.45, 2.75) is 65.2 Å². The molecule has 103 valence electrons. The fourth-order valence-corrected chi connectivity index (χ4v) is 2.71. The van der Waals surface area contributed by atoms with Crippen LogP contribution in [0.1, 0.15) is 71.1 Å². The Morgan fingerprint density at radius 1 is 1.05 bits per heavy atom. The zero-order chi connectivity index (χ0) is 12.8. The van der Waals surface area contributed by atoms with E-state index in [4.69, 9.17) is 0 Å². The van der Waals surface area contributed by atoms with Crippen molar-refractivity contribution in [3.8, 4) is 0 Å². The Morgan fingerprint density at radius 2 is 1.60 bits per heavy atom. The predicted octanol–water partition coefficient (Wildman–Crippen LogP) is 4.99. The summed E-state index contributed by atoms with van der Waals surface area (Å²) in [6.07, 6.45) is 2.52. The van der Waals surface area contributed by atoms with Gasteiger partial charge in [0.05, 0.1) is 0 Å². The van der Waals surface area contributed by atoms with Crippen LogP contribution in [0.25, 0.3) is 0 Å². The van der Waals surface area contributed by atoms with E-state index in [-0.39, 0.29) is 104 Å². The summed E-state index contributed by atoms with van der Waals surface area (Å²) < 4.78 is 0. The van der Waals surface area contributed by atoms with Crippen molar-refractivity contribution in [1.29, 1.82) is 0 Å². The summed E-state index contributed by atoms with van der Waals surface area (Å²) in [6.45, 7) is 13.9. The fraction of sp³-hybridized carbons (Fsp3) is 0.588. The van der Waals surface area contributed by atoms with Crippen LogP contribution in [0, 0.1) is 5.92 Å². The molecule has 0 fully saturated rings. The van der Waals surface area contributed by atoms with Crippen molar-refractivity contribution >= 4 is 0 Å². The van der Waals surface area contributed by atoms with Gasteiger partial charge in [-0.2, -0.15) is 17.5 Å². The summed E-state index contributed by atoms with van der Waals surface area (Å²) in [4.78, 5) is 0. The van der Waals surface area contributed by atoms with E-state index in [9.17, 15) is 0 Å². The summed E-state index contributed by atoms with van der Waals surface area (Å²) in [6, 6.07) is 7.09. The van der Waals surface area contributed by atoms with Gasteiger partial charge in [0.1, 0.15) is 0 Å². The minimum absolute atomic E-state index is 0. The van der Waals surface area contributed by atoms with E-state index in [2.05, 4.69) is 59.7 Å². The Morgan fingerprint density at radius 3 is 2.10 bits per heavy atom. The summed E-state index contributed by atoms with van der Waals surface area (Å²) >= 11 is 0. The van der Waals surface area contributed by atoms with Crippen LogP contribution >= 0.6 is 0 Å². The smallest absolute Gasteiger partial charge is 0 e. The predicted molar refractivity (Wildman–Crippen MR) is 75.4 cm³/mol. The molecule has 0 saturated carbocycles. The van der Waals surface area contributed by atoms with Gasteiger partial charge in [0.2, 0.25) is 0 Å². The van der Waals surface area contributed by atoms with Crippen molar-refractivity contribution in [3.05, 3.63) is 40.8 Å². The van der Waals surface area contributed by atoms with Crippen molar-refractivity contribution in [2.75, 3.05) is 0 Å². The first-order valence-electron chi connectivity index (χ1n) is 6.70. The monoisotopic (exact) mass is 496 g/mol. The molecule has 0 spiro atoms. The van der Waals surface area contributed by atoms with Crippen LogP contribution in [0.15, 0.2) is 18.2 Å². The molecule has 0 aromatic heterocycles. The molecule has 0 bridgehead atoms. The molecule has 1 aliphatic carbocycles.